The van der Waals surface area contributed by atoms with Crippen molar-refractivity contribution in [3.05, 3.63) is 24.3 Å². The summed E-state index contributed by atoms with van der Waals surface area (Å²) in [4.78, 5) is 23.8. The number of rotatable bonds is 6. The molecule has 118 valence electrons. The molecule has 0 bridgehead atoms. The topological polar surface area (TPSA) is 82.0 Å². The molecule has 1 aromatic rings. The highest BCUT2D eigenvalue weighted by Gasteiger charge is 2.29. The van der Waals surface area contributed by atoms with Crippen molar-refractivity contribution < 1.29 is 9.59 Å². The van der Waals surface area contributed by atoms with Crippen molar-refractivity contribution in [1.29, 1.82) is 5.26 Å². The fourth-order valence-corrected chi connectivity index (χ4v) is 2.31. The molecule has 0 spiro atoms. The largest absolute Gasteiger partial charge is 0.337 e. The summed E-state index contributed by atoms with van der Waals surface area (Å²) < 4.78 is 0. The summed E-state index contributed by atoms with van der Waals surface area (Å²) >= 11 is 1.38. The number of carbonyl (C=O) groups excluding carboxylic acids is 2. The molecule has 0 radical (unpaired) electrons. The van der Waals surface area contributed by atoms with Gasteiger partial charge in [-0.05, 0) is 37.1 Å². The highest BCUT2D eigenvalue weighted by atomic mass is 32.2. The maximum atomic E-state index is 12.0. The monoisotopic (exact) mass is 319 g/mol. The standard InChI is InChI=1S/C16H21N3O2S/c1-11(2)16(4,10-17)19-15(21)9-22-14-7-5-13(6-8-14)18-12(3)20/h5-8,11H,9H2,1-4H3,(H,18,20)(H,19,21). The first-order chi connectivity index (χ1) is 10.3. The lowest BCUT2D eigenvalue weighted by Crippen LogP contribution is -2.49. The molecule has 1 rings (SSSR count). The Bertz CT molecular complexity index is 578. The van der Waals surface area contributed by atoms with Crippen molar-refractivity contribution in [3.8, 4) is 6.07 Å². The fraction of sp³-hybridized carbons (Fsp3) is 0.438. The zero-order valence-electron chi connectivity index (χ0n) is 13.3. The molecule has 5 nitrogen and oxygen atoms in total. The van der Waals surface area contributed by atoms with Gasteiger partial charge in [0.1, 0.15) is 5.54 Å². The summed E-state index contributed by atoms with van der Waals surface area (Å²) in [6.45, 7) is 6.98. The van der Waals surface area contributed by atoms with E-state index < -0.39 is 5.54 Å². The van der Waals surface area contributed by atoms with E-state index in [1.165, 1.54) is 18.7 Å². The van der Waals surface area contributed by atoms with Crippen LogP contribution in [-0.4, -0.2) is 23.1 Å². The molecule has 0 aromatic heterocycles. The average Bonchev–Trinajstić information content (AvgIpc) is 2.45. The molecule has 0 fully saturated rings. The molecule has 6 heteroatoms. The number of anilines is 1. The van der Waals surface area contributed by atoms with Gasteiger partial charge in [-0.3, -0.25) is 9.59 Å². The smallest absolute Gasteiger partial charge is 0.231 e. The molecular formula is C16H21N3O2S. The summed E-state index contributed by atoms with van der Waals surface area (Å²) in [6.07, 6.45) is 0. The molecule has 0 saturated carbocycles. The molecule has 22 heavy (non-hydrogen) atoms. The second kappa shape index (κ2) is 7.85. The molecule has 1 atom stereocenters. The molecule has 0 heterocycles. The second-order valence-corrected chi connectivity index (χ2v) is 6.56. The third-order valence-corrected chi connectivity index (χ3v) is 4.34. The van der Waals surface area contributed by atoms with Gasteiger partial charge in [-0.15, -0.1) is 11.8 Å². The third kappa shape index (κ3) is 5.41. The van der Waals surface area contributed by atoms with Gasteiger partial charge in [0, 0.05) is 17.5 Å². The van der Waals surface area contributed by atoms with Gasteiger partial charge >= 0.3 is 0 Å². The Balaban J connectivity index is 2.54. The minimum atomic E-state index is -0.854. The lowest BCUT2D eigenvalue weighted by molar-refractivity contribution is -0.120. The van der Waals surface area contributed by atoms with Crippen molar-refractivity contribution in [2.75, 3.05) is 11.1 Å². The van der Waals surface area contributed by atoms with E-state index in [2.05, 4.69) is 16.7 Å². The number of nitrogens with zero attached hydrogens (tertiary/aromatic N) is 1. The zero-order chi connectivity index (χ0) is 16.8. The predicted octanol–water partition coefficient (Wildman–Crippen LogP) is 2.79. The van der Waals surface area contributed by atoms with Gasteiger partial charge in [-0.1, -0.05) is 13.8 Å². The first-order valence-corrected chi connectivity index (χ1v) is 7.98. The number of hydrogen-bond donors (Lipinski definition) is 2. The molecule has 1 unspecified atom stereocenters. The Hall–Kier alpha value is -2.00. The lowest BCUT2D eigenvalue weighted by atomic mass is 9.90. The fourth-order valence-electron chi connectivity index (χ4n) is 1.61. The van der Waals surface area contributed by atoms with Crippen molar-refractivity contribution in [2.45, 2.75) is 38.1 Å². The van der Waals surface area contributed by atoms with E-state index in [9.17, 15) is 14.9 Å². The number of carbonyl (C=O) groups is 2. The number of thioether (sulfide) groups is 1. The molecule has 0 saturated heterocycles. The van der Waals surface area contributed by atoms with Gasteiger partial charge in [0.15, 0.2) is 0 Å². The molecule has 0 aliphatic heterocycles. The van der Waals surface area contributed by atoms with Crippen LogP contribution in [0.25, 0.3) is 0 Å². The normalized spacial score (nSPS) is 13.1. The van der Waals surface area contributed by atoms with Crippen molar-refractivity contribution >= 4 is 29.3 Å². The van der Waals surface area contributed by atoms with Crippen LogP contribution in [0.2, 0.25) is 0 Å². The average molecular weight is 319 g/mol. The molecule has 0 aliphatic carbocycles. The van der Waals surface area contributed by atoms with Crippen LogP contribution in [0.1, 0.15) is 27.7 Å². The maximum absolute atomic E-state index is 12.0. The third-order valence-electron chi connectivity index (χ3n) is 3.33. The highest BCUT2D eigenvalue weighted by Crippen LogP contribution is 2.21. The van der Waals surface area contributed by atoms with Crippen LogP contribution in [0.4, 0.5) is 5.69 Å². The summed E-state index contributed by atoms with van der Waals surface area (Å²) in [5.74, 6) is -0.0231. The van der Waals surface area contributed by atoms with Gasteiger partial charge in [0.25, 0.3) is 0 Å². The Kier molecular flexibility index (Phi) is 6.44. The maximum Gasteiger partial charge on any atom is 0.231 e. The van der Waals surface area contributed by atoms with Crippen molar-refractivity contribution in [2.24, 2.45) is 5.92 Å². The number of hydrogen-bond acceptors (Lipinski definition) is 4. The zero-order valence-corrected chi connectivity index (χ0v) is 14.1. The van der Waals surface area contributed by atoms with Gasteiger partial charge in [-0.25, -0.2) is 0 Å². The minimum absolute atomic E-state index is 0.0309. The van der Waals surface area contributed by atoms with E-state index in [0.29, 0.717) is 0 Å². The molecule has 2 amide bonds. The van der Waals surface area contributed by atoms with E-state index >= 15 is 0 Å². The van der Waals surface area contributed by atoms with Crippen LogP contribution in [0.3, 0.4) is 0 Å². The number of benzene rings is 1. The van der Waals surface area contributed by atoms with E-state index in [4.69, 9.17) is 0 Å². The van der Waals surface area contributed by atoms with Crippen LogP contribution in [0.5, 0.6) is 0 Å². The van der Waals surface area contributed by atoms with Gasteiger partial charge in [-0.2, -0.15) is 5.26 Å². The Morgan fingerprint density at radius 3 is 2.36 bits per heavy atom. The molecule has 0 aliphatic rings. The summed E-state index contributed by atoms with van der Waals surface area (Å²) in [5.41, 5.74) is -0.134. The summed E-state index contributed by atoms with van der Waals surface area (Å²) in [7, 11) is 0. The number of amides is 2. The summed E-state index contributed by atoms with van der Waals surface area (Å²) in [5, 5.41) is 14.6. The van der Waals surface area contributed by atoms with Gasteiger partial charge in [0.05, 0.1) is 11.8 Å². The SMILES string of the molecule is CC(=O)Nc1ccc(SCC(=O)NC(C)(C#N)C(C)C)cc1. The Labute approximate surface area is 135 Å². The minimum Gasteiger partial charge on any atom is -0.337 e. The second-order valence-electron chi connectivity index (χ2n) is 5.51. The Morgan fingerprint density at radius 2 is 1.91 bits per heavy atom. The summed E-state index contributed by atoms with van der Waals surface area (Å²) in [6, 6.07) is 9.41. The molecule has 1 aromatic carbocycles. The highest BCUT2D eigenvalue weighted by molar-refractivity contribution is 8.00. The van der Waals surface area contributed by atoms with E-state index in [1.807, 2.05) is 26.0 Å². The first kappa shape index (κ1) is 18.1. The van der Waals surface area contributed by atoms with Crippen LogP contribution in [0.15, 0.2) is 29.2 Å². The van der Waals surface area contributed by atoms with E-state index in [1.54, 1.807) is 19.1 Å². The molecular weight excluding hydrogens is 298 g/mol. The van der Waals surface area contributed by atoms with Crippen molar-refractivity contribution in [3.63, 3.8) is 0 Å². The van der Waals surface area contributed by atoms with E-state index in [-0.39, 0.29) is 23.5 Å². The number of nitrogens with one attached hydrogen (secondary N) is 2. The predicted molar refractivity (Wildman–Crippen MR) is 88.5 cm³/mol. The Morgan fingerprint density at radius 1 is 1.32 bits per heavy atom. The van der Waals surface area contributed by atoms with Gasteiger partial charge < -0.3 is 10.6 Å². The van der Waals surface area contributed by atoms with Gasteiger partial charge in [0.2, 0.25) is 11.8 Å². The van der Waals surface area contributed by atoms with Crippen LogP contribution >= 0.6 is 11.8 Å². The lowest BCUT2D eigenvalue weighted by Gasteiger charge is -2.27. The quantitative estimate of drug-likeness (QED) is 0.790. The van der Waals surface area contributed by atoms with Crippen LogP contribution in [-0.2, 0) is 9.59 Å². The van der Waals surface area contributed by atoms with E-state index in [0.717, 1.165) is 10.6 Å². The van der Waals surface area contributed by atoms with Crippen LogP contribution < -0.4 is 10.6 Å². The van der Waals surface area contributed by atoms with Crippen LogP contribution in [0, 0.1) is 17.2 Å². The number of nitriles is 1. The first-order valence-electron chi connectivity index (χ1n) is 6.99. The molecule has 2 N–H and O–H groups in total. The van der Waals surface area contributed by atoms with Crippen molar-refractivity contribution in [1.82, 2.24) is 5.32 Å².